The number of benzene rings is 2. The van der Waals surface area contributed by atoms with Crippen LogP contribution >= 0.6 is 22.6 Å². The molecule has 0 spiro atoms. The van der Waals surface area contributed by atoms with Gasteiger partial charge in [-0.2, -0.15) is 0 Å². The zero-order chi connectivity index (χ0) is 14.0. The van der Waals surface area contributed by atoms with E-state index in [1.165, 1.54) is 5.56 Å². The van der Waals surface area contributed by atoms with Gasteiger partial charge in [0.15, 0.2) is 0 Å². The molecule has 0 aromatic heterocycles. The summed E-state index contributed by atoms with van der Waals surface area (Å²) in [7, 11) is 0. The van der Waals surface area contributed by atoms with Crippen LogP contribution in [-0.2, 0) is 0 Å². The van der Waals surface area contributed by atoms with Gasteiger partial charge in [-0.15, -0.1) is 0 Å². The number of nitrogens with one attached hydrogen (secondary N) is 1. The zero-order valence-corrected chi connectivity index (χ0v) is 13.4. The molecule has 1 amide bonds. The summed E-state index contributed by atoms with van der Waals surface area (Å²) in [6.07, 6.45) is 0. The maximum Gasteiger partial charge on any atom is 0.255 e. The number of amides is 1. The van der Waals surface area contributed by atoms with Crippen molar-refractivity contribution in [2.24, 2.45) is 0 Å². The van der Waals surface area contributed by atoms with Crippen LogP contribution in [0.15, 0.2) is 36.4 Å². The lowest BCUT2D eigenvalue weighted by Crippen LogP contribution is -2.12. The fourth-order valence-electron chi connectivity index (χ4n) is 1.98. The summed E-state index contributed by atoms with van der Waals surface area (Å²) in [6.45, 7) is 6.09. The van der Waals surface area contributed by atoms with Gasteiger partial charge in [-0.05, 0) is 84.3 Å². The molecule has 0 atom stereocenters. The number of hydrogen-bond acceptors (Lipinski definition) is 1. The topological polar surface area (TPSA) is 29.1 Å². The van der Waals surface area contributed by atoms with Gasteiger partial charge in [0.2, 0.25) is 0 Å². The highest BCUT2D eigenvalue weighted by Gasteiger charge is 2.08. The standard InChI is InChI=1S/C16H16INO/c1-10-6-11(2)8-14(7-10)18-16(19)13-5-4-12(3)15(17)9-13/h4-9H,1-3H3,(H,18,19). The molecule has 2 nitrogen and oxygen atoms in total. The number of carbonyl (C=O) groups is 1. The Morgan fingerprint density at radius 3 is 2.21 bits per heavy atom. The van der Waals surface area contributed by atoms with E-state index >= 15 is 0 Å². The summed E-state index contributed by atoms with van der Waals surface area (Å²) in [4.78, 5) is 12.2. The van der Waals surface area contributed by atoms with Crippen LogP contribution in [0.1, 0.15) is 27.0 Å². The summed E-state index contributed by atoms with van der Waals surface area (Å²) >= 11 is 2.24. The van der Waals surface area contributed by atoms with Gasteiger partial charge >= 0.3 is 0 Å². The molecule has 0 aliphatic heterocycles. The van der Waals surface area contributed by atoms with Gasteiger partial charge in [0.25, 0.3) is 5.91 Å². The Kier molecular flexibility index (Phi) is 4.24. The van der Waals surface area contributed by atoms with E-state index < -0.39 is 0 Å². The molecule has 1 N–H and O–H groups in total. The Hall–Kier alpha value is -1.36. The predicted molar refractivity (Wildman–Crippen MR) is 87.8 cm³/mol. The first kappa shape index (κ1) is 14.1. The van der Waals surface area contributed by atoms with Gasteiger partial charge in [0.05, 0.1) is 0 Å². The van der Waals surface area contributed by atoms with Gasteiger partial charge in [0.1, 0.15) is 0 Å². The molecule has 0 saturated heterocycles. The smallest absolute Gasteiger partial charge is 0.255 e. The van der Waals surface area contributed by atoms with Crippen LogP contribution in [0, 0.1) is 24.3 Å². The quantitative estimate of drug-likeness (QED) is 0.782. The van der Waals surface area contributed by atoms with E-state index in [1.807, 2.05) is 51.1 Å². The summed E-state index contributed by atoms with van der Waals surface area (Å²) in [5.41, 5.74) is 5.01. The van der Waals surface area contributed by atoms with Crippen molar-refractivity contribution in [2.45, 2.75) is 20.8 Å². The molecule has 0 aliphatic carbocycles. The maximum absolute atomic E-state index is 12.2. The minimum Gasteiger partial charge on any atom is -0.322 e. The molecule has 0 heterocycles. The van der Waals surface area contributed by atoms with Crippen molar-refractivity contribution >= 4 is 34.2 Å². The number of halogens is 1. The second-order valence-corrected chi connectivity index (χ2v) is 5.96. The third kappa shape index (κ3) is 3.56. The minimum atomic E-state index is -0.0667. The van der Waals surface area contributed by atoms with Crippen LogP contribution in [-0.4, -0.2) is 5.91 Å². The summed E-state index contributed by atoms with van der Waals surface area (Å²) in [6, 6.07) is 11.8. The molecule has 0 unspecified atom stereocenters. The number of anilines is 1. The minimum absolute atomic E-state index is 0.0667. The SMILES string of the molecule is Cc1cc(C)cc(NC(=O)c2ccc(C)c(I)c2)c1. The Morgan fingerprint density at radius 2 is 1.63 bits per heavy atom. The van der Waals surface area contributed by atoms with Crippen molar-refractivity contribution in [3.63, 3.8) is 0 Å². The van der Waals surface area contributed by atoms with E-state index in [1.54, 1.807) is 0 Å². The Balaban J connectivity index is 2.22. The molecular weight excluding hydrogens is 349 g/mol. The highest BCUT2D eigenvalue weighted by Crippen LogP contribution is 2.17. The van der Waals surface area contributed by atoms with Gasteiger partial charge in [0, 0.05) is 14.8 Å². The van der Waals surface area contributed by atoms with Crippen molar-refractivity contribution < 1.29 is 4.79 Å². The molecule has 2 aromatic rings. The number of carbonyl (C=O) groups excluding carboxylic acids is 1. The zero-order valence-electron chi connectivity index (χ0n) is 11.3. The number of rotatable bonds is 2. The van der Waals surface area contributed by atoms with Crippen LogP contribution in [0.25, 0.3) is 0 Å². The fraction of sp³-hybridized carbons (Fsp3) is 0.188. The lowest BCUT2D eigenvalue weighted by atomic mass is 10.1. The van der Waals surface area contributed by atoms with E-state index in [0.717, 1.165) is 20.4 Å². The highest BCUT2D eigenvalue weighted by molar-refractivity contribution is 14.1. The second kappa shape index (κ2) is 5.74. The normalized spacial score (nSPS) is 10.3. The largest absolute Gasteiger partial charge is 0.322 e. The second-order valence-electron chi connectivity index (χ2n) is 4.79. The molecule has 3 heteroatoms. The van der Waals surface area contributed by atoms with Crippen LogP contribution < -0.4 is 5.32 Å². The maximum atomic E-state index is 12.2. The molecule has 19 heavy (non-hydrogen) atoms. The molecule has 2 aromatic carbocycles. The van der Waals surface area contributed by atoms with Crippen molar-refractivity contribution in [3.05, 3.63) is 62.2 Å². The van der Waals surface area contributed by atoms with E-state index in [0.29, 0.717) is 5.56 Å². The fourth-order valence-corrected chi connectivity index (χ4v) is 2.50. The Morgan fingerprint density at radius 1 is 1.00 bits per heavy atom. The monoisotopic (exact) mass is 365 g/mol. The van der Waals surface area contributed by atoms with Crippen LogP contribution in [0.4, 0.5) is 5.69 Å². The number of hydrogen-bond donors (Lipinski definition) is 1. The van der Waals surface area contributed by atoms with Gasteiger partial charge in [-0.1, -0.05) is 12.1 Å². The Bertz CT molecular complexity index is 614. The molecule has 0 aliphatic rings. The van der Waals surface area contributed by atoms with Crippen LogP contribution in [0.5, 0.6) is 0 Å². The number of aryl methyl sites for hydroxylation is 3. The predicted octanol–water partition coefficient (Wildman–Crippen LogP) is 4.47. The average Bonchev–Trinajstić information content (AvgIpc) is 2.31. The van der Waals surface area contributed by atoms with Gasteiger partial charge < -0.3 is 5.32 Å². The molecule has 0 radical (unpaired) electrons. The van der Waals surface area contributed by atoms with E-state index in [-0.39, 0.29) is 5.91 Å². The lowest BCUT2D eigenvalue weighted by Gasteiger charge is -2.08. The summed E-state index contributed by atoms with van der Waals surface area (Å²) < 4.78 is 1.10. The van der Waals surface area contributed by atoms with Crippen molar-refractivity contribution in [1.82, 2.24) is 0 Å². The molecule has 0 bridgehead atoms. The van der Waals surface area contributed by atoms with Gasteiger partial charge in [-0.3, -0.25) is 4.79 Å². The molecule has 98 valence electrons. The molecular formula is C16H16INO. The first-order valence-electron chi connectivity index (χ1n) is 6.11. The van der Waals surface area contributed by atoms with Gasteiger partial charge in [-0.25, -0.2) is 0 Å². The molecule has 0 fully saturated rings. The van der Waals surface area contributed by atoms with E-state index in [2.05, 4.69) is 34.0 Å². The molecule has 0 saturated carbocycles. The molecule has 2 rings (SSSR count). The van der Waals surface area contributed by atoms with E-state index in [4.69, 9.17) is 0 Å². The van der Waals surface area contributed by atoms with Crippen LogP contribution in [0.2, 0.25) is 0 Å². The third-order valence-electron chi connectivity index (χ3n) is 2.91. The third-order valence-corrected chi connectivity index (χ3v) is 4.08. The Labute approximate surface area is 127 Å². The van der Waals surface area contributed by atoms with E-state index in [9.17, 15) is 4.79 Å². The first-order valence-corrected chi connectivity index (χ1v) is 7.19. The summed E-state index contributed by atoms with van der Waals surface area (Å²) in [5.74, 6) is -0.0667. The lowest BCUT2D eigenvalue weighted by molar-refractivity contribution is 0.102. The van der Waals surface area contributed by atoms with Crippen LogP contribution in [0.3, 0.4) is 0 Å². The van der Waals surface area contributed by atoms with Crippen molar-refractivity contribution in [3.8, 4) is 0 Å². The van der Waals surface area contributed by atoms with Crippen molar-refractivity contribution in [1.29, 1.82) is 0 Å². The average molecular weight is 365 g/mol. The highest BCUT2D eigenvalue weighted by atomic mass is 127. The summed E-state index contributed by atoms with van der Waals surface area (Å²) in [5, 5.41) is 2.94. The van der Waals surface area contributed by atoms with Crippen molar-refractivity contribution in [2.75, 3.05) is 5.32 Å². The first-order chi connectivity index (χ1) is 8.95.